The van der Waals surface area contributed by atoms with Gasteiger partial charge >= 0.3 is 5.97 Å². The zero-order chi connectivity index (χ0) is 15.0. The van der Waals surface area contributed by atoms with Gasteiger partial charge in [-0.1, -0.05) is 43.3 Å². The van der Waals surface area contributed by atoms with Gasteiger partial charge < -0.3 is 15.3 Å². The molecule has 20 heavy (non-hydrogen) atoms. The van der Waals surface area contributed by atoms with Crippen molar-refractivity contribution in [2.24, 2.45) is 5.41 Å². The fraction of sp³-hybridized carbons (Fsp3) is 0.312. The summed E-state index contributed by atoms with van der Waals surface area (Å²) in [5.41, 5.74) is 0.134. The van der Waals surface area contributed by atoms with Gasteiger partial charge in [0.05, 0.1) is 5.57 Å². The predicted octanol–water partition coefficient (Wildman–Crippen LogP) is 1.89. The average molecular weight is 274 g/mol. The minimum absolute atomic E-state index is 0.0830. The molecule has 1 aromatic rings. The van der Waals surface area contributed by atoms with Crippen molar-refractivity contribution in [1.82, 2.24) is 0 Å². The van der Waals surface area contributed by atoms with E-state index in [0.29, 0.717) is 6.42 Å². The summed E-state index contributed by atoms with van der Waals surface area (Å²) < 4.78 is 0. The van der Waals surface area contributed by atoms with Gasteiger partial charge in [0.15, 0.2) is 5.79 Å². The maximum atomic E-state index is 11.2. The lowest BCUT2D eigenvalue weighted by molar-refractivity contribution is -0.194. The van der Waals surface area contributed by atoms with Crippen LogP contribution < -0.4 is 0 Å². The summed E-state index contributed by atoms with van der Waals surface area (Å²) in [5.74, 6) is -3.14. The van der Waals surface area contributed by atoms with Crippen LogP contribution in [0.2, 0.25) is 0 Å². The SMILES string of the molecule is CC1=CC(C(=O)O)=CC(C)(Cc2ccccc2)C1(O)O. The van der Waals surface area contributed by atoms with E-state index < -0.39 is 17.2 Å². The number of carboxylic acid groups (broad SMARTS) is 1. The van der Waals surface area contributed by atoms with E-state index in [1.54, 1.807) is 6.92 Å². The maximum Gasteiger partial charge on any atom is 0.335 e. The van der Waals surface area contributed by atoms with Gasteiger partial charge in [0.25, 0.3) is 0 Å². The Morgan fingerprint density at radius 1 is 1.20 bits per heavy atom. The predicted molar refractivity (Wildman–Crippen MR) is 74.9 cm³/mol. The van der Waals surface area contributed by atoms with Crippen LogP contribution in [0.3, 0.4) is 0 Å². The number of benzene rings is 1. The first-order chi connectivity index (χ1) is 9.26. The highest BCUT2D eigenvalue weighted by Gasteiger charge is 2.48. The van der Waals surface area contributed by atoms with Gasteiger partial charge in [-0.15, -0.1) is 0 Å². The highest BCUT2D eigenvalue weighted by Crippen LogP contribution is 2.43. The molecule has 0 radical (unpaired) electrons. The third-order valence-corrected chi connectivity index (χ3v) is 3.85. The summed E-state index contributed by atoms with van der Waals surface area (Å²) in [5, 5.41) is 29.9. The molecular formula is C16H18O4. The van der Waals surface area contributed by atoms with Crippen LogP contribution in [0, 0.1) is 5.41 Å². The van der Waals surface area contributed by atoms with Crippen molar-refractivity contribution in [3.63, 3.8) is 0 Å². The molecule has 1 atom stereocenters. The Bertz CT molecular complexity index is 584. The van der Waals surface area contributed by atoms with E-state index >= 15 is 0 Å². The molecule has 0 saturated carbocycles. The number of aliphatic hydroxyl groups is 2. The van der Waals surface area contributed by atoms with Gasteiger partial charge in [-0.2, -0.15) is 0 Å². The second kappa shape index (κ2) is 4.89. The standard InChI is InChI=1S/C16H18O4/c1-11-8-13(14(17)18)10-15(2,16(11,19)20)9-12-6-4-3-5-7-12/h3-8,10,19-20H,9H2,1-2H3,(H,17,18). The van der Waals surface area contributed by atoms with E-state index in [2.05, 4.69) is 0 Å². The Morgan fingerprint density at radius 3 is 2.35 bits per heavy atom. The van der Waals surface area contributed by atoms with Crippen LogP contribution in [0.1, 0.15) is 19.4 Å². The highest BCUT2D eigenvalue weighted by molar-refractivity contribution is 5.90. The third-order valence-electron chi connectivity index (χ3n) is 3.85. The fourth-order valence-electron chi connectivity index (χ4n) is 2.59. The van der Waals surface area contributed by atoms with Crippen molar-refractivity contribution in [3.05, 3.63) is 59.2 Å². The van der Waals surface area contributed by atoms with E-state index in [1.165, 1.54) is 19.1 Å². The Morgan fingerprint density at radius 2 is 1.80 bits per heavy atom. The lowest BCUT2D eigenvalue weighted by Gasteiger charge is -2.42. The zero-order valence-corrected chi connectivity index (χ0v) is 11.5. The molecule has 0 fully saturated rings. The molecule has 106 valence electrons. The molecule has 0 heterocycles. The normalized spacial score (nSPS) is 24.8. The van der Waals surface area contributed by atoms with Gasteiger partial charge in [-0.05, 0) is 30.6 Å². The van der Waals surface area contributed by atoms with Gasteiger partial charge in [-0.25, -0.2) is 4.79 Å². The lowest BCUT2D eigenvalue weighted by atomic mass is 9.69. The molecule has 1 aliphatic carbocycles. The summed E-state index contributed by atoms with van der Waals surface area (Å²) in [6.45, 7) is 3.18. The summed E-state index contributed by atoms with van der Waals surface area (Å²) >= 11 is 0. The van der Waals surface area contributed by atoms with Crippen molar-refractivity contribution in [2.45, 2.75) is 26.1 Å². The number of carboxylic acids is 1. The van der Waals surface area contributed by atoms with Gasteiger partial charge in [0.1, 0.15) is 0 Å². The second-order valence-corrected chi connectivity index (χ2v) is 5.48. The monoisotopic (exact) mass is 274 g/mol. The summed E-state index contributed by atoms with van der Waals surface area (Å²) in [6.07, 6.45) is 3.06. The largest absolute Gasteiger partial charge is 0.478 e. The summed E-state index contributed by atoms with van der Waals surface area (Å²) in [6, 6.07) is 9.36. The van der Waals surface area contributed by atoms with Crippen LogP contribution in [-0.4, -0.2) is 27.1 Å². The Balaban J connectivity index is 2.45. The molecule has 1 aromatic carbocycles. The number of rotatable bonds is 3. The van der Waals surface area contributed by atoms with Crippen LogP contribution in [-0.2, 0) is 11.2 Å². The first-order valence-electron chi connectivity index (χ1n) is 6.40. The molecule has 4 nitrogen and oxygen atoms in total. The fourth-order valence-corrected chi connectivity index (χ4v) is 2.59. The van der Waals surface area contributed by atoms with Crippen LogP contribution >= 0.6 is 0 Å². The molecule has 0 saturated heterocycles. The van der Waals surface area contributed by atoms with Crippen molar-refractivity contribution < 1.29 is 20.1 Å². The van der Waals surface area contributed by atoms with E-state index in [0.717, 1.165) is 5.56 Å². The van der Waals surface area contributed by atoms with E-state index in [4.69, 9.17) is 5.11 Å². The van der Waals surface area contributed by atoms with Gasteiger partial charge in [-0.3, -0.25) is 0 Å². The van der Waals surface area contributed by atoms with Crippen molar-refractivity contribution >= 4 is 5.97 Å². The van der Waals surface area contributed by atoms with Crippen molar-refractivity contribution in [1.29, 1.82) is 0 Å². The molecule has 0 amide bonds. The minimum atomic E-state index is -2.07. The Kier molecular flexibility index (Phi) is 3.54. The smallest absolute Gasteiger partial charge is 0.335 e. The molecule has 0 aromatic heterocycles. The van der Waals surface area contributed by atoms with Crippen LogP contribution in [0.5, 0.6) is 0 Å². The van der Waals surface area contributed by atoms with E-state index in [-0.39, 0.29) is 11.1 Å². The molecule has 1 aliphatic rings. The molecule has 0 spiro atoms. The molecule has 2 rings (SSSR count). The second-order valence-electron chi connectivity index (χ2n) is 5.48. The van der Waals surface area contributed by atoms with Gasteiger partial charge in [0.2, 0.25) is 0 Å². The summed E-state index contributed by atoms with van der Waals surface area (Å²) in [4.78, 5) is 11.2. The van der Waals surface area contributed by atoms with Crippen molar-refractivity contribution in [2.75, 3.05) is 0 Å². The van der Waals surface area contributed by atoms with Crippen LogP contribution in [0.4, 0.5) is 0 Å². The molecule has 1 unspecified atom stereocenters. The number of hydrogen-bond donors (Lipinski definition) is 3. The van der Waals surface area contributed by atoms with E-state index in [1.807, 2.05) is 30.3 Å². The quantitative estimate of drug-likeness (QED) is 0.735. The topological polar surface area (TPSA) is 77.8 Å². The van der Waals surface area contributed by atoms with Crippen LogP contribution in [0.25, 0.3) is 0 Å². The molecule has 3 N–H and O–H groups in total. The Labute approximate surface area is 117 Å². The molecule has 0 aliphatic heterocycles. The van der Waals surface area contributed by atoms with Crippen molar-refractivity contribution in [3.8, 4) is 0 Å². The maximum absolute atomic E-state index is 11.2. The molecular weight excluding hydrogens is 256 g/mol. The average Bonchev–Trinajstić information content (AvgIpc) is 2.37. The van der Waals surface area contributed by atoms with E-state index in [9.17, 15) is 15.0 Å². The molecule has 4 heteroatoms. The van der Waals surface area contributed by atoms with Crippen LogP contribution in [0.15, 0.2) is 53.6 Å². The molecule has 0 bridgehead atoms. The summed E-state index contributed by atoms with van der Waals surface area (Å²) in [7, 11) is 0. The first kappa shape index (κ1) is 14.5. The lowest BCUT2D eigenvalue weighted by Crippen LogP contribution is -2.49. The highest BCUT2D eigenvalue weighted by atomic mass is 16.5. The first-order valence-corrected chi connectivity index (χ1v) is 6.40. The number of hydrogen-bond acceptors (Lipinski definition) is 3. The zero-order valence-electron chi connectivity index (χ0n) is 11.5. The number of carbonyl (C=O) groups is 1. The number of aliphatic carboxylic acids is 1. The third kappa shape index (κ3) is 2.40. The van der Waals surface area contributed by atoms with Gasteiger partial charge in [0, 0.05) is 5.41 Å². The Hall–Kier alpha value is -1.91. The minimum Gasteiger partial charge on any atom is -0.478 e.